The third-order valence-corrected chi connectivity index (χ3v) is 8.04. The molecule has 3 aliphatic rings. The van der Waals surface area contributed by atoms with Crippen molar-refractivity contribution in [2.24, 2.45) is 0 Å². The fourth-order valence-electron chi connectivity index (χ4n) is 5.32. The smallest absolute Gasteiger partial charge is 0.108 e. The zero-order chi connectivity index (χ0) is 19.0. The van der Waals surface area contributed by atoms with E-state index in [2.05, 4.69) is 34.1 Å². The molecule has 28 heavy (non-hydrogen) atoms. The molecule has 1 aliphatic carbocycles. The Kier molecular flexibility index (Phi) is 5.26. The van der Waals surface area contributed by atoms with Crippen molar-refractivity contribution in [3.8, 4) is 0 Å². The Balaban J connectivity index is 1.36. The second-order valence-electron chi connectivity index (χ2n) is 8.72. The summed E-state index contributed by atoms with van der Waals surface area (Å²) in [6, 6.07) is 10.5. The van der Waals surface area contributed by atoms with Crippen LogP contribution < -0.4 is 0 Å². The number of aromatic nitrogens is 1. The van der Waals surface area contributed by atoms with Crippen molar-refractivity contribution in [1.82, 2.24) is 14.8 Å². The lowest BCUT2D eigenvalue weighted by atomic mass is 9.79. The number of fused-ring (bicyclic) bond motifs is 1. The zero-order valence-corrected chi connectivity index (χ0v) is 17.5. The van der Waals surface area contributed by atoms with Gasteiger partial charge in [-0.3, -0.25) is 9.80 Å². The molecule has 0 amide bonds. The van der Waals surface area contributed by atoms with Crippen molar-refractivity contribution >= 4 is 11.3 Å². The predicted octanol–water partition coefficient (Wildman–Crippen LogP) is 3.58. The van der Waals surface area contributed by atoms with Gasteiger partial charge in [-0.15, -0.1) is 11.3 Å². The summed E-state index contributed by atoms with van der Waals surface area (Å²) in [5.41, 5.74) is 1.70. The van der Waals surface area contributed by atoms with Crippen LogP contribution in [0.5, 0.6) is 0 Å². The minimum absolute atomic E-state index is 0.167. The number of rotatable bonds is 4. The summed E-state index contributed by atoms with van der Waals surface area (Å²) in [6.07, 6.45) is 8.29. The molecule has 5 heteroatoms. The van der Waals surface area contributed by atoms with E-state index in [1.165, 1.54) is 47.7 Å². The number of thiazole rings is 1. The maximum Gasteiger partial charge on any atom is 0.108 e. The van der Waals surface area contributed by atoms with Crippen LogP contribution in [0.2, 0.25) is 0 Å². The van der Waals surface area contributed by atoms with Crippen LogP contribution in [0.25, 0.3) is 0 Å². The first-order valence-electron chi connectivity index (χ1n) is 10.9. The minimum Gasteiger partial charge on any atom is -0.383 e. The average Bonchev–Trinajstić information content (AvgIpc) is 3.39. The molecule has 0 saturated carbocycles. The lowest BCUT2D eigenvalue weighted by molar-refractivity contribution is -0.0959. The molecule has 2 fully saturated rings. The highest BCUT2D eigenvalue weighted by Gasteiger charge is 2.46. The molecule has 2 aliphatic heterocycles. The number of likely N-dealkylation sites (tertiary alicyclic amines) is 2. The minimum atomic E-state index is -0.746. The summed E-state index contributed by atoms with van der Waals surface area (Å²) in [5.74, 6) is 0. The molecule has 0 unspecified atom stereocenters. The molecule has 5 rings (SSSR count). The molecule has 2 aromatic rings. The predicted molar refractivity (Wildman–Crippen MR) is 114 cm³/mol. The third-order valence-electron chi connectivity index (χ3n) is 6.90. The zero-order valence-electron chi connectivity index (χ0n) is 16.6. The highest BCUT2D eigenvalue weighted by atomic mass is 32.1. The van der Waals surface area contributed by atoms with Gasteiger partial charge in [0.25, 0.3) is 0 Å². The Labute approximate surface area is 172 Å². The van der Waals surface area contributed by atoms with Gasteiger partial charge in [0.1, 0.15) is 10.6 Å². The monoisotopic (exact) mass is 397 g/mol. The van der Waals surface area contributed by atoms with Gasteiger partial charge in [0.2, 0.25) is 0 Å². The maximum atomic E-state index is 11.8. The number of aliphatic hydroxyl groups is 1. The van der Waals surface area contributed by atoms with E-state index in [1.807, 2.05) is 17.4 Å². The maximum absolute atomic E-state index is 11.8. The van der Waals surface area contributed by atoms with Gasteiger partial charge >= 0.3 is 0 Å². The molecule has 3 heterocycles. The third kappa shape index (κ3) is 3.54. The Hall–Kier alpha value is -1.27. The van der Waals surface area contributed by atoms with Gasteiger partial charge in [-0.1, -0.05) is 30.3 Å². The number of benzene rings is 1. The number of nitrogens with zero attached hydrogens (tertiary/aromatic N) is 3. The van der Waals surface area contributed by atoms with Crippen LogP contribution in [-0.2, 0) is 25.0 Å². The first kappa shape index (κ1) is 18.7. The van der Waals surface area contributed by atoms with Gasteiger partial charge in [0.15, 0.2) is 0 Å². The molecule has 0 bridgehead atoms. The van der Waals surface area contributed by atoms with Crippen LogP contribution in [0, 0.1) is 0 Å². The van der Waals surface area contributed by atoms with Gasteiger partial charge in [-0.25, -0.2) is 4.98 Å². The van der Waals surface area contributed by atoms with Crippen LogP contribution in [-0.4, -0.2) is 52.1 Å². The van der Waals surface area contributed by atoms with E-state index in [0.717, 1.165) is 51.1 Å². The molecule has 1 aromatic carbocycles. The molecule has 1 N–H and O–H groups in total. The summed E-state index contributed by atoms with van der Waals surface area (Å²) >= 11 is 1.93. The number of hydrogen-bond donors (Lipinski definition) is 1. The first-order valence-corrected chi connectivity index (χ1v) is 11.8. The largest absolute Gasteiger partial charge is 0.383 e. The van der Waals surface area contributed by atoms with Crippen LogP contribution in [0.3, 0.4) is 0 Å². The number of piperidine rings is 1. The molecule has 0 radical (unpaired) electrons. The van der Waals surface area contributed by atoms with Crippen molar-refractivity contribution < 1.29 is 5.11 Å². The van der Waals surface area contributed by atoms with Crippen molar-refractivity contribution in [3.05, 3.63) is 51.5 Å². The molecule has 150 valence electrons. The Morgan fingerprint density at radius 1 is 1.04 bits per heavy atom. The van der Waals surface area contributed by atoms with Crippen molar-refractivity contribution in [2.45, 2.75) is 63.1 Å². The molecule has 4 nitrogen and oxygen atoms in total. The Bertz CT molecular complexity index is 778. The molecular formula is C23H31N3OS. The molecule has 2 atom stereocenters. The molecule has 1 aromatic heterocycles. The summed E-state index contributed by atoms with van der Waals surface area (Å²) in [6.45, 7) is 5.01. The van der Waals surface area contributed by atoms with Crippen LogP contribution in [0.1, 0.15) is 53.2 Å². The second-order valence-corrected chi connectivity index (χ2v) is 9.89. The van der Waals surface area contributed by atoms with E-state index in [0.29, 0.717) is 0 Å². The van der Waals surface area contributed by atoms with Gasteiger partial charge in [-0.2, -0.15) is 0 Å². The van der Waals surface area contributed by atoms with E-state index in [-0.39, 0.29) is 6.04 Å². The summed E-state index contributed by atoms with van der Waals surface area (Å²) < 4.78 is 0. The van der Waals surface area contributed by atoms with Gasteiger partial charge in [0.05, 0.1) is 18.3 Å². The van der Waals surface area contributed by atoms with Crippen molar-refractivity contribution in [3.63, 3.8) is 0 Å². The molecule has 2 saturated heterocycles. The van der Waals surface area contributed by atoms with Gasteiger partial charge in [0, 0.05) is 18.0 Å². The van der Waals surface area contributed by atoms with Crippen molar-refractivity contribution in [2.75, 3.05) is 26.2 Å². The summed E-state index contributed by atoms with van der Waals surface area (Å²) in [7, 11) is 0. The summed E-state index contributed by atoms with van der Waals surface area (Å²) in [5, 5.41) is 13.1. The van der Waals surface area contributed by atoms with Gasteiger partial charge < -0.3 is 5.11 Å². The average molecular weight is 398 g/mol. The van der Waals surface area contributed by atoms with E-state index in [9.17, 15) is 5.11 Å². The van der Waals surface area contributed by atoms with Gasteiger partial charge in [-0.05, 0) is 63.6 Å². The number of aryl methyl sites for hydroxylation is 2. The van der Waals surface area contributed by atoms with Crippen molar-refractivity contribution in [1.29, 1.82) is 0 Å². The van der Waals surface area contributed by atoms with E-state index in [1.54, 1.807) is 0 Å². The Morgan fingerprint density at radius 3 is 2.61 bits per heavy atom. The van der Waals surface area contributed by atoms with E-state index in [4.69, 9.17) is 4.98 Å². The first-order chi connectivity index (χ1) is 13.7. The highest BCUT2D eigenvalue weighted by Crippen LogP contribution is 2.38. The Morgan fingerprint density at radius 2 is 1.82 bits per heavy atom. The molecular weight excluding hydrogens is 366 g/mol. The quantitative estimate of drug-likeness (QED) is 0.856. The topological polar surface area (TPSA) is 39.6 Å². The summed E-state index contributed by atoms with van der Waals surface area (Å²) in [4.78, 5) is 11.6. The number of hydrogen-bond acceptors (Lipinski definition) is 5. The normalized spacial score (nSPS) is 29.1. The fraction of sp³-hybridized carbons (Fsp3) is 0.609. The lowest BCUT2D eigenvalue weighted by Crippen LogP contribution is -2.60. The van der Waals surface area contributed by atoms with Crippen LogP contribution in [0.4, 0.5) is 0 Å². The standard InChI is InChI=1S/C23H31N3OS/c27-23(18-8-2-1-3-9-18)12-15-25(16-21(23)26-13-6-7-14-26)17-22-24-19-10-4-5-11-20(19)28-22/h1-3,8-9,21,27H,4-7,10-17H2/t21-,23+/m1/s1. The van der Waals surface area contributed by atoms with E-state index >= 15 is 0 Å². The van der Waals surface area contributed by atoms with E-state index < -0.39 is 5.60 Å². The highest BCUT2D eigenvalue weighted by molar-refractivity contribution is 7.11. The second kappa shape index (κ2) is 7.86. The van der Waals surface area contributed by atoms with Crippen LogP contribution >= 0.6 is 11.3 Å². The van der Waals surface area contributed by atoms with Crippen LogP contribution in [0.15, 0.2) is 30.3 Å². The molecule has 0 spiro atoms. The lowest BCUT2D eigenvalue weighted by Gasteiger charge is -2.48. The SMILES string of the molecule is O[C@]1(c2ccccc2)CCN(Cc2nc3c(s2)CCCC3)C[C@H]1N1CCCC1. The fourth-order valence-corrected chi connectivity index (χ4v) is 6.52.